The van der Waals surface area contributed by atoms with Crippen LogP contribution in [0.4, 0.5) is 5.82 Å². The lowest BCUT2D eigenvalue weighted by Gasteiger charge is -2.02. The van der Waals surface area contributed by atoms with Gasteiger partial charge in [-0.1, -0.05) is 41.9 Å². The van der Waals surface area contributed by atoms with Crippen molar-refractivity contribution in [1.29, 1.82) is 5.26 Å². The number of fused-ring (bicyclic) bond motifs is 1. The van der Waals surface area contributed by atoms with Crippen molar-refractivity contribution >= 4 is 39.0 Å². The van der Waals surface area contributed by atoms with Gasteiger partial charge >= 0.3 is 0 Å². The molecule has 0 saturated heterocycles. The number of nitrogens with zero attached hydrogens (tertiary/aromatic N) is 3. The molecule has 0 aliphatic carbocycles. The monoisotopic (exact) mass is 376 g/mol. The van der Waals surface area contributed by atoms with Gasteiger partial charge in [0.05, 0.1) is 17.0 Å². The number of nitriles is 1. The van der Waals surface area contributed by atoms with Crippen molar-refractivity contribution in [3.8, 4) is 17.5 Å². The molecule has 0 bridgehead atoms. The SMILES string of the molecule is N#Cc1cccc(-c2nc(N)c3cc(Cc4ccccc4Cl)sc3n2)c1. The zero-order valence-corrected chi connectivity index (χ0v) is 15.2. The van der Waals surface area contributed by atoms with Crippen LogP contribution >= 0.6 is 22.9 Å². The van der Waals surface area contributed by atoms with Gasteiger partial charge in [0, 0.05) is 21.9 Å². The predicted octanol–water partition coefficient (Wildman–Crippen LogP) is 5.06. The van der Waals surface area contributed by atoms with Crippen LogP contribution in [0.2, 0.25) is 5.02 Å². The molecular formula is C20H13ClN4S. The van der Waals surface area contributed by atoms with Crippen molar-refractivity contribution in [2.24, 2.45) is 0 Å². The zero-order valence-electron chi connectivity index (χ0n) is 13.6. The van der Waals surface area contributed by atoms with E-state index in [4.69, 9.17) is 22.6 Å². The number of hydrogen-bond acceptors (Lipinski definition) is 5. The van der Waals surface area contributed by atoms with E-state index < -0.39 is 0 Å². The Hall–Kier alpha value is -2.94. The van der Waals surface area contributed by atoms with Crippen LogP contribution in [0, 0.1) is 11.3 Å². The highest BCUT2D eigenvalue weighted by atomic mass is 35.5. The van der Waals surface area contributed by atoms with Crippen molar-refractivity contribution in [3.63, 3.8) is 0 Å². The van der Waals surface area contributed by atoms with Gasteiger partial charge in [-0.05, 0) is 29.8 Å². The van der Waals surface area contributed by atoms with Crippen LogP contribution in [-0.2, 0) is 6.42 Å². The average molecular weight is 377 g/mol. The molecule has 0 saturated carbocycles. The lowest BCUT2D eigenvalue weighted by Crippen LogP contribution is -1.96. The summed E-state index contributed by atoms with van der Waals surface area (Å²) in [5.41, 5.74) is 8.57. The maximum absolute atomic E-state index is 9.08. The average Bonchev–Trinajstić information content (AvgIpc) is 3.07. The standard InChI is InChI=1S/C20H13ClN4S/c21-17-7-2-1-5-13(17)9-15-10-16-18(23)24-19(25-20(16)26-15)14-6-3-4-12(8-14)11-22/h1-8,10H,9H2,(H2,23,24,25). The number of anilines is 1. The van der Waals surface area contributed by atoms with Crippen LogP contribution in [0.5, 0.6) is 0 Å². The molecule has 4 rings (SSSR count). The highest BCUT2D eigenvalue weighted by Gasteiger charge is 2.12. The Labute approximate surface area is 159 Å². The predicted molar refractivity (Wildman–Crippen MR) is 106 cm³/mol. The quantitative estimate of drug-likeness (QED) is 0.542. The van der Waals surface area contributed by atoms with Gasteiger partial charge in [-0.2, -0.15) is 5.26 Å². The summed E-state index contributed by atoms with van der Waals surface area (Å²) < 4.78 is 0. The molecule has 126 valence electrons. The first kappa shape index (κ1) is 16.5. The van der Waals surface area contributed by atoms with Gasteiger partial charge in [-0.3, -0.25) is 0 Å². The summed E-state index contributed by atoms with van der Waals surface area (Å²) in [6, 6.07) is 19.1. The molecular weight excluding hydrogens is 364 g/mol. The molecule has 26 heavy (non-hydrogen) atoms. The molecule has 0 aliphatic rings. The Morgan fingerprint density at radius 3 is 2.73 bits per heavy atom. The molecule has 0 amide bonds. The minimum Gasteiger partial charge on any atom is -0.383 e. The van der Waals surface area contributed by atoms with Crippen LogP contribution in [0.25, 0.3) is 21.6 Å². The Bertz CT molecular complexity index is 1160. The first-order valence-corrected chi connectivity index (χ1v) is 9.13. The van der Waals surface area contributed by atoms with Crippen LogP contribution < -0.4 is 5.73 Å². The van der Waals surface area contributed by atoms with Crippen molar-refractivity contribution < 1.29 is 0 Å². The number of rotatable bonds is 3. The summed E-state index contributed by atoms with van der Waals surface area (Å²) in [6.45, 7) is 0. The van der Waals surface area contributed by atoms with E-state index in [1.807, 2.05) is 42.5 Å². The van der Waals surface area contributed by atoms with Gasteiger partial charge in [-0.25, -0.2) is 9.97 Å². The normalized spacial score (nSPS) is 10.8. The molecule has 0 atom stereocenters. The van der Waals surface area contributed by atoms with Gasteiger partial charge in [0.1, 0.15) is 10.6 Å². The van der Waals surface area contributed by atoms with E-state index >= 15 is 0 Å². The third-order valence-corrected chi connectivity index (χ3v) is 5.44. The number of nitrogens with two attached hydrogens (primary N) is 1. The number of aromatic nitrogens is 2. The summed E-state index contributed by atoms with van der Waals surface area (Å²) >= 11 is 7.84. The van der Waals surface area contributed by atoms with Crippen LogP contribution in [0.1, 0.15) is 16.0 Å². The number of benzene rings is 2. The second-order valence-corrected chi connectivity index (χ2v) is 7.35. The number of nitrogen functional groups attached to an aromatic ring is 1. The molecule has 0 spiro atoms. The second-order valence-electron chi connectivity index (χ2n) is 5.82. The Kier molecular flexibility index (Phi) is 4.29. The van der Waals surface area contributed by atoms with Gasteiger partial charge in [0.25, 0.3) is 0 Å². The first-order valence-electron chi connectivity index (χ1n) is 7.94. The molecule has 2 aromatic carbocycles. The molecule has 0 fully saturated rings. The minimum absolute atomic E-state index is 0.439. The summed E-state index contributed by atoms with van der Waals surface area (Å²) in [7, 11) is 0. The maximum atomic E-state index is 9.08. The van der Waals surface area contributed by atoms with Crippen molar-refractivity contribution in [2.75, 3.05) is 5.73 Å². The fourth-order valence-electron chi connectivity index (χ4n) is 2.77. The van der Waals surface area contributed by atoms with Crippen LogP contribution in [0.3, 0.4) is 0 Å². The topological polar surface area (TPSA) is 75.6 Å². The summed E-state index contributed by atoms with van der Waals surface area (Å²) in [4.78, 5) is 11.0. The Morgan fingerprint density at radius 1 is 1.08 bits per heavy atom. The molecule has 2 aromatic heterocycles. The van der Waals surface area contributed by atoms with Gasteiger partial charge < -0.3 is 5.73 Å². The summed E-state index contributed by atoms with van der Waals surface area (Å²) in [5.74, 6) is 0.965. The van der Waals surface area contributed by atoms with E-state index in [2.05, 4.69) is 16.0 Å². The van der Waals surface area contributed by atoms with E-state index in [0.717, 1.165) is 37.7 Å². The third kappa shape index (κ3) is 3.13. The highest BCUT2D eigenvalue weighted by molar-refractivity contribution is 7.18. The van der Waals surface area contributed by atoms with Crippen molar-refractivity contribution in [2.45, 2.75) is 6.42 Å². The first-order chi connectivity index (χ1) is 12.6. The van der Waals surface area contributed by atoms with Crippen LogP contribution in [-0.4, -0.2) is 9.97 Å². The molecule has 0 radical (unpaired) electrons. The Morgan fingerprint density at radius 2 is 1.92 bits per heavy atom. The fourth-order valence-corrected chi connectivity index (χ4v) is 4.03. The lowest BCUT2D eigenvalue weighted by molar-refractivity contribution is 1.24. The van der Waals surface area contributed by atoms with Crippen LogP contribution in [0.15, 0.2) is 54.6 Å². The number of thiophene rings is 1. The second kappa shape index (κ2) is 6.75. The largest absolute Gasteiger partial charge is 0.383 e. The maximum Gasteiger partial charge on any atom is 0.163 e. The van der Waals surface area contributed by atoms with E-state index in [0.29, 0.717) is 17.2 Å². The summed E-state index contributed by atoms with van der Waals surface area (Å²) in [6.07, 6.45) is 0.722. The van der Waals surface area contributed by atoms with E-state index in [9.17, 15) is 0 Å². The van der Waals surface area contributed by atoms with Gasteiger partial charge in [0.2, 0.25) is 0 Å². The van der Waals surface area contributed by atoms with Crippen molar-refractivity contribution in [3.05, 3.63) is 75.6 Å². The fraction of sp³-hybridized carbons (Fsp3) is 0.0500. The zero-order chi connectivity index (χ0) is 18.1. The summed E-state index contributed by atoms with van der Waals surface area (Å²) in [5, 5.41) is 10.7. The molecule has 0 aliphatic heterocycles. The van der Waals surface area contributed by atoms with Crippen molar-refractivity contribution in [1.82, 2.24) is 9.97 Å². The van der Waals surface area contributed by atoms with Gasteiger partial charge in [-0.15, -0.1) is 11.3 Å². The molecule has 6 heteroatoms. The third-order valence-electron chi connectivity index (χ3n) is 4.05. The number of halogens is 1. The van der Waals surface area contributed by atoms with E-state index in [-0.39, 0.29) is 0 Å². The number of hydrogen-bond donors (Lipinski definition) is 1. The molecule has 4 aromatic rings. The molecule has 2 heterocycles. The lowest BCUT2D eigenvalue weighted by atomic mass is 10.1. The smallest absolute Gasteiger partial charge is 0.163 e. The molecule has 0 unspecified atom stereocenters. The van der Waals surface area contributed by atoms with E-state index in [1.54, 1.807) is 23.5 Å². The molecule has 2 N–H and O–H groups in total. The minimum atomic E-state index is 0.439. The highest BCUT2D eigenvalue weighted by Crippen LogP contribution is 2.32. The van der Waals surface area contributed by atoms with Gasteiger partial charge in [0.15, 0.2) is 5.82 Å². The van der Waals surface area contributed by atoms with E-state index in [1.165, 1.54) is 0 Å². The Balaban J connectivity index is 1.76. The molecule has 4 nitrogen and oxygen atoms in total.